The van der Waals surface area contributed by atoms with Crippen molar-refractivity contribution < 1.29 is 0 Å². The minimum atomic E-state index is 0.129. The molecule has 0 saturated heterocycles. The molecule has 0 amide bonds. The van der Waals surface area contributed by atoms with Crippen LogP contribution in [0, 0.1) is 12.3 Å². The molecule has 1 atom stereocenters. The molecule has 92 valence electrons. The molecule has 0 aromatic carbocycles. The van der Waals surface area contributed by atoms with Gasteiger partial charge in [-0.15, -0.1) is 11.6 Å². The van der Waals surface area contributed by atoms with Crippen molar-refractivity contribution in [2.24, 2.45) is 12.5 Å². The summed E-state index contributed by atoms with van der Waals surface area (Å²) in [4.78, 5) is 0. The number of nitrogens with zero attached hydrogens (tertiary/aromatic N) is 2. The summed E-state index contributed by atoms with van der Waals surface area (Å²) in [6.45, 7) is 8.45. The molecular formula is C12H20Cl2N2. The van der Waals surface area contributed by atoms with Gasteiger partial charge in [-0.3, -0.25) is 4.68 Å². The SMILES string of the molecule is Cc1nn(C)c(Cl)c1CCC(Cl)C(C)(C)C. The molecule has 4 heteroatoms. The molecule has 0 bridgehead atoms. The Bertz CT molecular complexity index is 364. The monoisotopic (exact) mass is 262 g/mol. The fraction of sp³-hybridized carbons (Fsp3) is 0.750. The molecule has 0 aliphatic rings. The van der Waals surface area contributed by atoms with E-state index in [1.54, 1.807) is 4.68 Å². The molecule has 1 aromatic rings. The third-order valence-electron chi connectivity index (χ3n) is 2.86. The predicted molar refractivity (Wildman–Crippen MR) is 70.4 cm³/mol. The summed E-state index contributed by atoms with van der Waals surface area (Å²) in [5, 5.41) is 5.18. The molecule has 1 unspecified atom stereocenters. The zero-order valence-corrected chi connectivity index (χ0v) is 12.2. The van der Waals surface area contributed by atoms with Crippen LogP contribution in [0.1, 0.15) is 38.4 Å². The first-order valence-corrected chi connectivity index (χ1v) is 6.37. The topological polar surface area (TPSA) is 17.8 Å². The van der Waals surface area contributed by atoms with Gasteiger partial charge in [0.2, 0.25) is 0 Å². The molecule has 1 heterocycles. The molecule has 0 N–H and O–H groups in total. The van der Waals surface area contributed by atoms with Gasteiger partial charge in [0.05, 0.1) is 5.69 Å². The maximum atomic E-state index is 6.35. The highest BCUT2D eigenvalue weighted by Gasteiger charge is 2.23. The normalized spacial score (nSPS) is 14.2. The van der Waals surface area contributed by atoms with Crippen LogP contribution in [0.2, 0.25) is 5.15 Å². The van der Waals surface area contributed by atoms with E-state index in [0.29, 0.717) is 0 Å². The van der Waals surface area contributed by atoms with Crippen LogP contribution in [0.15, 0.2) is 0 Å². The van der Waals surface area contributed by atoms with Gasteiger partial charge in [-0.1, -0.05) is 32.4 Å². The van der Waals surface area contributed by atoms with Crippen molar-refractivity contribution in [3.8, 4) is 0 Å². The largest absolute Gasteiger partial charge is 0.257 e. The Labute approximate surface area is 108 Å². The second-order valence-electron chi connectivity index (χ2n) is 5.35. The van der Waals surface area contributed by atoms with Gasteiger partial charge >= 0.3 is 0 Å². The predicted octanol–water partition coefficient (Wildman–Crippen LogP) is 3.97. The molecule has 16 heavy (non-hydrogen) atoms. The molecule has 0 aliphatic heterocycles. The lowest BCUT2D eigenvalue weighted by Crippen LogP contribution is -2.21. The molecule has 0 radical (unpaired) electrons. The smallest absolute Gasteiger partial charge is 0.130 e. The number of hydrogen-bond donors (Lipinski definition) is 0. The Morgan fingerprint density at radius 1 is 1.38 bits per heavy atom. The standard InChI is InChI=1S/C12H20Cl2N2/c1-8-9(11(14)16(5)15-8)6-7-10(13)12(2,3)4/h10H,6-7H2,1-5H3. The molecule has 1 rings (SSSR count). The molecular weight excluding hydrogens is 243 g/mol. The Kier molecular flexibility index (Phi) is 4.30. The summed E-state index contributed by atoms with van der Waals surface area (Å²) in [6.07, 6.45) is 1.82. The highest BCUT2D eigenvalue weighted by molar-refractivity contribution is 6.30. The Morgan fingerprint density at radius 3 is 2.31 bits per heavy atom. The highest BCUT2D eigenvalue weighted by atomic mass is 35.5. The van der Waals surface area contributed by atoms with E-state index in [1.165, 1.54) is 0 Å². The number of aromatic nitrogens is 2. The Balaban J connectivity index is 2.68. The average Bonchev–Trinajstić information content (AvgIpc) is 2.37. The summed E-state index contributed by atoms with van der Waals surface area (Å²) < 4.78 is 1.71. The number of alkyl halides is 1. The first-order valence-electron chi connectivity index (χ1n) is 5.55. The minimum absolute atomic E-state index is 0.129. The molecule has 0 spiro atoms. The molecule has 2 nitrogen and oxygen atoms in total. The van der Waals surface area contributed by atoms with Crippen molar-refractivity contribution >= 4 is 23.2 Å². The fourth-order valence-electron chi connectivity index (χ4n) is 1.66. The van der Waals surface area contributed by atoms with Gasteiger partial charge < -0.3 is 0 Å². The summed E-state index contributed by atoms with van der Waals surface area (Å²) in [6, 6.07) is 0. The zero-order valence-electron chi connectivity index (χ0n) is 10.6. The van der Waals surface area contributed by atoms with E-state index in [-0.39, 0.29) is 10.8 Å². The lowest BCUT2D eigenvalue weighted by atomic mass is 9.88. The van der Waals surface area contributed by atoms with E-state index in [9.17, 15) is 0 Å². The van der Waals surface area contributed by atoms with Crippen LogP contribution >= 0.6 is 23.2 Å². The van der Waals surface area contributed by atoms with E-state index < -0.39 is 0 Å². The molecule has 0 saturated carbocycles. The van der Waals surface area contributed by atoms with Crippen molar-refractivity contribution in [3.05, 3.63) is 16.4 Å². The van der Waals surface area contributed by atoms with Crippen LogP contribution in [0.3, 0.4) is 0 Å². The van der Waals surface area contributed by atoms with E-state index in [0.717, 1.165) is 29.3 Å². The molecule has 0 fully saturated rings. The van der Waals surface area contributed by atoms with Crippen molar-refractivity contribution in [2.75, 3.05) is 0 Å². The Morgan fingerprint density at radius 2 is 1.94 bits per heavy atom. The van der Waals surface area contributed by atoms with Gasteiger partial charge in [0.1, 0.15) is 5.15 Å². The number of halogens is 2. The first kappa shape index (κ1) is 13.9. The summed E-state index contributed by atoms with van der Waals surface area (Å²) in [7, 11) is 1.86. The van der Waals surface area contributed by atoms with Crippen molar-refractivity contribution in [1.29, 1.82) is 0 Å². The van der Waals surface area contributed by atoms with Gasteiger partial charge in [0, 0.05) is 18.0 Å². The van der Waals surface area contributed by atoms with Gasteiger partial charge in [0.25, 0.3) is 0 Å². The molecule has 1 aromatic heterocycles. The highest BCUT2D eigenvalue weighted by Crippen LogP contribution is 2.29. The minimum Gasteiger partial charge on any atom is -0.257 e. The summed E-state index contributed by atoms with van der Waals surface area (Å²) in [5.41, 5.74) is 2.26. The second-order valence-corrected chi connectivity index (χ2v) is 6.24. The van der Waals surface area contributed by atoms with Gasteiger partial charge in [-0.25, -0.2) is 0 Å². The van der Waals surface area contributed by atoms with Crippen LogP contribution < -0.4 is 0 Å². The lowest BCUT2D eigenvalue weighted by molar-refractivity contribution is 0.374. The maximum absolute atomic E-state index is 6.35. The quantitative estimate of drug-likeness (QED) is 0.754. The lowest BCUT2D eigenvalue weighted by Gasteiger charge is -2.24. The first-order chi connectivity index (χ1) is 7.23. The van der Waals surface area contributed by atoms with Gasteiger partial charge in [-0.05, 0) is 25.2 Å². The third-order valence-corrected chi connectivity index (χ3v) is 4.20. The van der Waals surface area contributed by atoms with Crippen molar-refractivity contribution in [2.45, 2.75) is 45.9 Å². The average molecular weight is 263 g/mol. The van der Waals surface area contributed by atoms with Crippen molar-refractivity contribution in [3.63, 3.8) is 0 Å². The van der Waals surface area contributed by atoms with Crippen LogP contribution in [0.25, 0.3) is 0 Å². The van der Waals surface area contributed by atoms with E-state index in [4.69, 9.17) is 23.2 Å². The van der Waals surface area contributed by atoms with Gasteiger partial charge in [0.15, 0.2) is 0 Å². The van der Waals surface area contributed by atoms with Crippen LogP contribution in [0.4, 0.5) is 0 Å². The fourth-order valence-corrected chi connectivity index (χ4v) is 2.04. The second kappa shape index (κ2) is 4.97. The zero-order chi connectivity index (χ0) is 12.5. The number of aryl methyl sites for hydroxylation is 2. The van der Waals surface area contributed by atoms with E-state index >= 15 is 0 Å². The molecule has 0 aliphatic carbocycles. The summed E-state index contributed by atoms with van der Waals surface area (Å²) in [5.74, 6) is 0. The Hall–Kier alpha value is -0.210. The van der Waals surface area contributed by atoms with Crippen LogP contribution in [0.5, 0.6) is 0 Å². The van der Waals surface area contributed by atoms with E-state index in [1.807, 2.05) is 14.0 Å². The summed E-state index contributed by atoms with van der Waals surface area (Å²) >= 11 is 12.5. The maximum Gasteiger partial charge on any atom is 0.130 e. The van der Waals surface area contributed by atoms with Gasteiger partial charge in [-0.2, -0.15) is 5.10 Å². The van der Waals surface area contributed by atoms with E-state index in [2.05, 4.69) is 25.9 Å². The number of rotatable bonds is 3. The van der Waals surface area contributed by atoms with Crippen LogP contribution in [-0.4, -0.2) is 15.2 Å². The number of hydrogen-bond acceptors (Lipinski definition) is 1. The van der Waals surface area contributed by atoms with Crippen LogP contribution in [-0.2, 0) is 13.5 Å². The van der Waals surface area contributed by atoms with Crippen molar-refractivity contribution in [1.82, 2.24) is 9.78 Å². The third kappa shape index (κ3) is 3.14.